The molecule has 0 atom stereocenters. The zero-order valence-electron chi connectivity index (χ0n) is 4.67. The van der Waals surface area contributed by atoms with E-state index in [1.165, 1.54) is 0 Å². The highest BCUT2D eigenvalue weighted by molar-refractivity contribution is 14.1. The second-order valence-electron chi connectivity index (χ2n) is 1.68. The van der Waals surface area contributed by atoms with E-state index in [-0.39, 0.29) is 0 Å². The Hall–Kier alpha value is 1.45. The Kier molecular flexibility index (Phi) is 3.73. The molecule has 0 N–H and O–H groups in total. The molecule has 0 spiro atoms. The van der Waals surface area contributed by atoms with Crippen molar-refractivity contribution in [1.82, 2.24) is 0 Å². The Morgan fingerprint density at radius 2 is 1.60 bits per heavy atom. The lowest BCUT2D eigenvalue weighted by molar-refractivity contribution is 1.53. The van der Waals surface area contributed by atoms with Crippen molar-refractivity contribution in [3.8, 4) is 0 Å². The molecular formula is C6H2BrClI2. The van der Waals surface area contributed by atoms with E-state index < -0.39 is 0 Å². The highest BCUT2D eigenvalue weighted by Crippen LogP contribution is 2.28. The molecule has 4 heteroatoms. The standard InChI is InChI=1S/C6H2BrClI2/c7-6-4(9)1-3(8)2-5(6)10/h1-2H. The summed E-state index contributed by atoms with van der Waals surface area (Å²) in [6.07, 6.45) is 0. The van der Waals surface area contributed by atoms with Gasteiger partial charge in [0.15, 0.2) is 0 Å². The van der Waals surface area contributed by atoms with E-state index in [0.29, 0.717) is 0 Å². The van der Waals surface area contributed by atoms with Crippen LogP contribution in [0.25, 0.3) is 0 Å². The number of benzene rings is 1. The third kappa shape index (κ3) is 2.22. The summed E-state index contributed by atoms with van der Waals surface area (Å²) in [5.74, 6) is 0. The number of hydrogen-bond donors (Lipinski definition) is 0. The number of halogens is 4. The first-order valence-corrected chi connectivity index (χ1v) is 5.74. The normalized spacial score (nSPS) is 10.0. The van der Waals surface area contributed by atoms with Gasteiger partial charge in [0.2, 0.25) is 0 Å². The second-order valence-corrected chi connectivity index (χ2v) is 5.24. The van der Waals surface area contributed by atoms with Crippen LogP contribution in [0, 0.1) is 7.14 Å². The fourth-order valence-electron chi connectivity index (χ4n) is 0.525. The van der Waals surface area contributed by atoms with Crippen LogP contribution >= 0.6 is 72.7 Å². The molecule has 1 aromatic rings. The van der Waals surface area contributed by atoms with Gasteiger partial charge in [-0.15, -0.1) is 0 Å². The molecule has 0 aliphatic rings. The van der Waals surface area contributed by atoms with Crippen LogP contribution in [0.4, 0.5) is 0 Å². The smallest absolute Gasteiger partial charge is 0.0443 e. The fraction of sp³-hybridized carbons (Fsp3) is 0. The summed E-state index contributed by atoms with van der Waals surface area (Å²) in [7, 11) is 0. The van der Waals surface area contributed by atoms with Crippen molar-refractivity contribution in [2.75, 3.05) is 0 Å². The summed E-state index contributed by atoms with van der Waals surface area (Å²) >= 11 is 13.7. The third-order valence-corrected chi connectivity index (χ3v) is 5.21. The molecule has 0 saturated carbocycles. The van der Waals surface area contributed by atoms with E-state index in [2.05, 4.69) is 61.1 Å². The lowest BCUT2D eigenvalue weighted by atomic mass is 10.4. The van der Waals surface area contributed by atoms with Crippen molar-refractivity contribution in [3.05, 3.63) is 28.8 Å². The maximum atomic E-state index is 5.79. The SMILES string of the molecule is Clc1cc(I)c(Br)c(I)c1. The van der Waals surface area contributed by atoms with E-state index in [1.54, 1.807) is 0 Å². The lowest BCUT2D eigenvalue weighted by Gasteiger charge is -1.99. The molecule has 1 aromatic carbocycles. The summed E-state index contributed by atoms with van der Waals surface area (Å²) in [5, 5.41) is 0.789. The second kappa shape index (κ2) is 3.91. The quantitative estimate of drug-likeness (QED) is 0.319. The zero-order chi connectivity index (χ0) is 7.72. The highest BCUT2D eigenvalue weighted by atomic mass is 127. The molecule has 0 amide bonds. The van der Waals surface area contributed by atoms with Crippen molar-refractivity contribution in [2.24, 2.45) is 0 Å². The van der Waals surface area contributed by atoms with Crippen molar-refractivity contribution in [1.29, 1.82) is 0 Å². The first-order valence-electron chi connectivity index (χ1n) is 2.41. The van der Waals surface area contributed by atoms with Crippen LogP contribution in [0.15, 0.2) is 16.6 Å². The number of hydrogen-bond acceptors (Lipinski definition) is 0. The monoisotopic (exact) mass is 442 g/mol. The maximum absolute atomic E-state index is 5.79. The van der Waals surface area contributed by atoms with Gasteiger partial charge in [0.25, 0.3) is 0 Å². The molecule has 0 unspecified atom stereocenters. The summed E-state index contributed by atoms with van der Waals surface area (Å²) in [6.45, 7) is 0. The molecule has 0 radical (unpaired) electrons. The molecule has 1 rings (SSSR count). The van der Waals surface area contributed by atoms with Crippen LogP contribution in [0.2, 0.25) is 5.02 Å². The van der Waals surface area contributed by atoms with E-state index >= 15 is 0 Å². The van der Waals surface area contributed by atoms with Crippen LogP contribution in [-0.4, -0.2) is 0 Å². The first-order chi connectivity index (χ1) is 4.61. The molecule has 0 bridgehead atoms. The Labute approximate surface area is 100 Å². The first kappa shape index (κ1) is 9.54. The zero-order valence-corrected chi connectivity index (χ0v) is 11.3. The predicted octanol–water partition coefficient (Wildman–Crippen LogP) is 4.31. The Morgan fingerprint density at radius 1 is 1.20 bits per heavy atom. The minimum absolute atomic E-state index is 0.789. The van der Waals surface area contributed by atoms with Crippen LogP contribution < -0.4 is 0 Å². The summed E-state index contributed by atoms with van der Waals surface area (Å²) in [5.41, 5.74) is 0. The van der Waals surface area contributed by atoms with Gasteiger partial charge >= 0.3 is 0 Å². The molecule has 0 aliphatic heterocycles. The van der Waals surface area contributed by atoms with Gasteiger partial charge in [-0.25, -0.2) is 0 Å². The van der Waals surface area contributed by atoms with Gasteiger partial charge in [-0.3, -0.25) is 0 Å². The van der Waals surface area contributed by atoms with Gasteiger partial charge in [0, 0.05) is 16.6 Å². The molecule has 0 saturated heterocycles. The highest BCUT2D eigenvalue weighted by Gasteiger charge is 2.01. The summed E-state index contributed by atoms with van der Waals surface area (Å²) in [6, 6.07) is 3.85. The van der Waals surface area contributed by atoms with Gasteiger partial charge in [-0.1, -0.05) is 11.6 Å². The van der Waals surface area contributed by atoms with Gasteiger partial charge in [0.05, 0.1) is 0 Å². The Balaban J connectivity index is 3.31. The largest absolute Gasteiger partial charge is 0.0843 e. The minimum Gasteiger partial charge on any atom is -0.0843 e. The van der Waals surface area contributed by atoms with Crippen LogP contribution in [0.1, 0.15) is 0 Å². The number of rotatable bonds is 0. The molecule has 0 nitrogen and oxygen atoms in total. The fourth-order valence-corrected chi connectivity index (χ4v) is 3.11. The van der Waals surface area contributed by atoms with Crippen molar-refractivity contribution >= 4 is 72.7 Å². The van der Waals surface area contributed by atoms with Crippen molar-refractivity contribution in [3.63, 3.8) is 0 Å². The maximum Gasteiger partial charge on any atom is 0.0443 e. The predicted molar refractivity (Wildman–Crippen MR) is 64.6 cm³/mol. The molecule has 0 aromatic heterocycles. The van der Waals surface area contributed by atoms with Crippen LogP contribution in [0.5, 0.6) is 0 Å². The van der Waals surface area contributed by atoms with Crippen molar-refractivity contribution in [2.45, 2.75) is 0 Å². The molecule has 0 fully saturated rings. The molecule has 0 aliphatic carbocycles. The van der Waals surface area contributed by atoms with E-state index in [9.17, 15) is 0 Å². The Bertz CT molecular complexity index is 239. The Morgan fingerprint density at radius 3 is 2.00 bits per heavy atom. The topological polar surface area (TPSA) is 0 Å². The van der Waals surface area contributed by atoms with Crippen LogP contribution in [0.3, 0.4) is 0 Å². The third-order valence-electron chi connectivity index (χ3n) is 0.949. The van der Waals surface area contributed by atoms with Gasteiger partial charge in [-0.2, -0.15) is 0 Å². The van der Waals surface area contributed by atoms with E-state index in [4.69, 9.17) is 11.6 Å². The average Bonchev–Trinajstić information content (AvgIpc) is 1.82. The molecular weight excluding hydrogens is 441 g/mol. The van der Waals surface area contributed by atoms with Gasteiger partial charge < -0.3 is 0 Å². The van der Waals surface area contributed by atoms with Crippen LogP contribution in [-0.2, 0) is 0 Å². The molecule has 10 heavy (non-hydrogen) atoms. The van der Waals surface area contributed by atoms with E-state index in [1.807, 2.05) is 12.1 Å². The molecule has 0 heterocycles. The molecule has 54 valence electrons. The van der Waals surface area contributed by atoms with Gasteiger partial charge in [-0.05, 0) is 73.2 Å². The summed E-state index contributed by atoms with van der Waals surface area (Å²) < 4.78 is 3.42. The van der Waals surface area contributed by atoms with E-state index in [0.717, 1.165) is 16.6 Å². The minimum atomic E-state index is 0.789. The van der Waals surface area contributed by atoms with Gasteiger partial charge in [0.1, 0.15) is 0 Å². The average molecular weight is 443 g/mol. The summed E-state index contributed by atoms with van der Waals surface area (Å²) in [4.78, 5) is 0. The lowest BCUT2D eigenvalue weighted by Crippen LogP contribution is -1.79. The van der Waals surface area contributed by atoms with Crippen molar-refractivity contribution < 1.29 is 0 Å².